The Bertz CT molecular complexity index is 228. The highest BCUT2D eigenvalue weighted by molar-refractivity contribution is 5.78. The zero-order valence-electron chi connectivity index (χ0n) is 9.55. The van der Waals surface area contributed by atoms with E-state index < -0.39 is 0 Å². The highest BCUT2D eigenvalue weighted by Crippen LogP contribution is 2.18. The molecule has 0 atom stereocenters. The summed E-state index contributed by atoms with van der Waals surface area (Å²) >= 11 is 0. The molecule has 0 unspecified atom stereocenters. The Morgan fingerprint density at radius 1 is 1.36 bits per heavy atom. The van der Waals surface area contributed by atoms with Gasteiger partial charge in [-0.15, -0.1) is 0 Å². The van der Waals surface area contributed by atoms with Crippen LogP contribution in [-0.2, 0) is 4.74 Å². The van der Waals surface area contributed by atoms with Crippen molar-refractivity contribution in [3.63, 3.8) is 0 Å². The molecule has 2 nitrogen and oxygen atoms in total. The molecule has 0 bridgehead atoms. The first-order valence-corrected chi connectivity index (χ1v) is 5.50. The summed E-state index contributed by atoms with van der Waals surface area (Å²) in [4.78, 5) is 4.50. The molecule has 0 radical (unpaired) electrons. The molecule has 14 heavy (non-hydrogen) atoms. The van der Waals surface area contributed by atoms with Crippen molar-refractivity contribution in [1.29, 1.82) is 0 Å². The van der Waals surface area contributed by atoms with E-state index in [4.69, 9.17) is 4.74 Å². The van der Waals surface area contributed by atoms with Gasteiger partial charge in [-0.2, -0.15) is 0 Å². The smallest absolute Gasteiger partial charge is 0.184 e. The quantitative estimate of drug-likeness (QED) is 0.617. The van der Waals surface area contributed by atoms with Crippen LogP contribution in [0.3, 0.4) is 0 Å². The normalized spacial score (nSPS) is 19.8. The number of hydrogen-bond acceptors (Lipinski definition) is 2. The van der Waals surface area contributed by atoms with Gasteiger partial charge in [-0.3, -0.25) is 0 Å². The van der Waals surface area contributed by atoms with E-state index in [-0.39, 0.29) is 5.54 Å². The van der Waals surface area contributed by atoms with Gasteiger partial charge in [-0.1, -0.05) is 25.5 Å². The molecular weight excluding hydrogens is 174 g/mol. The maximum absolute atomic E-state index is 5.49. The van der Waals surface area contributed by atoms with Gasteiger partial charge >= 0.3 is 0 Å². The van der Waals surface area contributed by atoms with Crippen LogP contribution in [0.1, 0.15) is 46.5 Å². The summed E-state index contributed by atoms with van der Waals surface area (Å²) in [5.74, 6) is 0.927. The summed E-state index contributed by atoms with van der Waals surface area (Å²) in [5.41, 5.74) is 0.00245. The summed E-state index contributed by atoms with van der Waals surface area (Å²) in [6, 6.07) is 0. The summed E-state index contributed by atoms with van der Waals surface area (Å²) in [5, 5.41) is 0. The van der Waals surface area contributed by atoms with Crippen LogP contribution < -0.4 is 0 Å². The second-order valence-corrected chi connectivity index (χ2v) is 4.41. The summed E-state index contributed by atoms with van der Waals surface area (Å²) in [6.45, 7) is 7.14. The molecule has 0 aromatic carbocycles. The van der Waals surface area contributed by atoms with Crippen LogP contribution in [0.4, 0.5) is 0 Å². The van der Waals surface area contributed by atoms with Crippen molar-refractivity contribution < 1.29 is 4.74 Å². The Morgan fingerprint density at radius 2 is 2.07 bits per heavy atom. The Morgan fingerprint density at radius 3 is 2.64 bits per heavy atom. The van der Waals surface area contributed by atoms with E-state index in [1.165, 1.54) is 12.8 Å². The standard InChI is InChI=1S/C12H21NO/c1-4-5-6-7-8-9-11-13-12(2,3)10-14-11/h6-7H,4-5,8-10H2,1-3H3/b7-6-. The van der Waals surface area contributed by atoms with Crippen LogP contribution in [0.15, 0.2) is 17.1 Å². The number of hydrogen-bond donors (Lipinski definition) is 0. The molecule has 1 rings (SSSR count). The second kappa shape index (κ2) is 5.18. The lowest BCUT2D eigenvalue weighted by atomic mass is 10.1. The molecule has 0 aromatic rings. The van der Waals surface area contributed by atoms with E-state index in [0.29, 0.717) is 0 Å². The monoisotopic (exact) mass is 195 g/mol. The van der Waals surface area contributed by atoms with Gasteiger partial charge in [-0.25, -0.2) is 4.99 Å². The number of allylic oxidation sites excluding steroid dienone is 2. The predicted molar refractivity (Wildman–Crippen MR) is 60.7 cm³/mol. The molecule has 0 saturated carbocycles. The van der Waals surface area contributed by atoms with Crippen molar-refractivity contribution in [2.45, 2.75) is 52.0 Å². The van der Waals surface area contributed by atoms with Gasteiger partial charge in [-0.05, 0) is 26.7 Å². The molecule has 1 aliphatic heterocycles. The summed E-state index contributed by atoms with van der Waals surface area (Å²) < 4.78 is 5.49. The van der Waals surface area contributed by atoms with Crippen LogP contribution in [-0.4, -0.2) is 18.0 Å². The van der Waals surface area contributed by atoms with Crippen LogP contribution in [0.25, 0.3) is 0 Å². The summed E-state index contributed by atoms with van der Waals surface area (Å²) in [7, 11) is 0. The average Bonchev–Trinajstić information content (AvgIpc) is 2.45. The number of aliphatic imine (C=N–C) groups is 1. The van der Waals surface area contributed by atoms with E-state index in [9.17, 15) is 0 Å². The van der Waals surface area contributed by atoms with Crippen LogP contribution >= 0.6 is 0 Å². The molecule has 0 spiro atoms. The molecule has 1 heterocycles. The van der Waals surface area contributed by atoms with Gasteiger partial charge in [0.25, 0.3) is 0 Å². The van der Waals surface area contributed by atoms with E-state index >= 15 is 0 Å². The van der Waals surface area contributed by atoms with Crippen molar-refractivity contribution in [3.8, 4) is 0 Å². The zero-order chi connectivity index (χ0) is 10.4. The minimum absolute atomic E-state index is 0.00245. The Labute approximate surface area is 87.1 Å². The average molecular weight is 195 g/mol. The summed E-state index contributed by atoms with van der Waals surface area (Å²) in [6.07, 6.45) is 8.86. The first-order valence-electron chi connectivity index (χ1n) is 5.50. The molecular formula is C12H21NO. The van der Waals surface area contributed by atoms with Crippen molar-refractivity contribution >= 4 is 5.90 Å². The van der Waals surface area contributed by atoms with E-state index in [2.05, 4.69) is 37.9 Å². The minimum atomic E-state index is 0.00245. The molecule has 0 aromatic heterocycles. The first kappa shape index (κ1) is 11.3. The van der Waals surface area contributed by atoms with Gasteiger partial charge in [0.2, 0.25) is 0 Å². The lowest BCUT2D eigenvalue weighted by Gasteiger charge is -2.07. The molecule has 0 aliphatic carbocycles. The third-order valence-electron chi connectivity index (χ3n) is 2.17. The van der Waals surface area contributed by atoms with Gasteiger partial charge in [0.15, 0.2) is 5.90 Å². The van der Waals surface area contributed by atoms with E-state index in [1.54, 1.807) is 0 Å². The number of rotatable bonds is 5. The Balaban J connectivity index is 2.20. The van der Waals surface area contributed by atoms with Gasteiger partial charge in [0.1, 0.15) is 6.61 Å². The third-order valence-corrected chi connectivity index (χ3v) is 2.17. The molecule has 0 N–H and O–H groups in total. The van der Waals surface area contributed by atoms with Crippen molar-refractivity contribution in [3.05, 3.63) is 12.2 Å². The minimum Gasteiger partial charge on any atom is -0.478 e. The predicted octanol–water partition coefficient (Wildman–Crippen LogP) is 3.33. The largest absolute Gasteiger partial charge is 0.478 e. The number of unbranched alkanes of at least 4 members (excludes halogenated alkanes) is 1. The van der Waals surface area contributed by atoms with Gasteiger partial charge in [0.05, 0.1) is 5.54 Å². The van der Waals surface area contributed by atoms with Crippen LogP contribution in [0, 0.1) is 0 Å². The molecule has 0 fully saturated rings. The lowest BCUT2D eigenvalue weighted by molar-refractivity contribution is 0.274. The van der Waals surface area contributed by atoms with E-state index in [1.807, 2.05) is 0 Å². The van der Waals surface area contributed by atoms with E-state index in [0.717, 1.165) is 25.3 Å². The SMILES string of the molecule is CCC/C=C\CCC1=NC(C)(C)CO1. The number of nitrogens with zero attached hydrogens (tertiary/aromatic N) is 1. The molecule has 80 valence electrons. The number of ether oxygens (including phenoxy) is 1. The van der Waals surface area contributed by atoms with Crippen LogP contribution in [0.5, 0.6) is 0 Å². The Hall–Kier alpha value is -0.790. The molecule has 0 saturated heterocycles. The Kier molecular flexibility index (Phi) is 4.18. The van der Waals surface area contributed by atoms with Gasteiger partial charge < -0.3 is 4.74 Å². The van der Waals surface area contributed by atoms with Crippen molar-refractivity contribution in [2.24, 2.45) is 4.99 Å². The lowest BCUT2D eigenvalue weighted by Crippen LogP contribution is -2.17. The fraction of sp³-hybridized carbons (Fsp3) is 0.750. The zero-order valence-corrected chi connectivity index (χ0v) is 9.55. The van der Waals surface area contributed by atoms with Crippen molar-refractivity contribution in [1.82, 2.24) is 0 Å². The van der Waals surface area contributed by atoms with Gasteiger partial charge in [0, 0.05) is 6.42 Å². The molecule has 2 heteroatoms. The highest BCUT2D eigenvalue weighted by atomic mass is 16.5. The maximum atomic E-state index is 5.49. The molecule has 1 aliphatic rings. The highest BCUT2D eigenvalue weighted by Gasteiger charge is 2.25. The second-order valence-electron chi connectivity index (χ2n) is 4.41. The molecule has 0 amide bonds. The maximum Gasteiger partial charge on any atom is 0.184 e. The fourth-order valence-electron chi connectivity index (χ4n) is 1.40. The fourth-order valence-corrected chi connectivity index (χ4v) is 1.40. The third kappa shape index (κ3) is 3.95. The topological polar surface area (TPSA) is 21.6 Å². The van der Waals surface area contributed by atoms with Crippen molar-refractivity contribution in [2.75, 3.05) is 6.61 Å². The first-order chi connectivity index (χ1) is 6.64. The van der Waals surface area contributed by atoms with Crippen LogP contribution in [0.2, 0.25) is 0 Å².